The molecule has 1 aliphatic heterocycles. The van der Waals surface area contributed by atoms with Crippen molar-refractivity contribution in [2.45, 2.75) is 24.9 Å². The van der Waals surface area contributed by atoms with Gasteiger partial charge < -0.3 is 14.8 Å². The van der Waals surface area contributed by atoms with E-state index in [0.717, 1.165) is 27.0 Å². The van der Waals surface area contributed by atoms with Gasteiger partial charge in [-0.3, -0.25) is 9.59 Å². The van der Waals surface area contributed by atoms with Crippen LogP contribution in [0.2, 0.25) is 0 Å². The Hall–Kier alpha value is -3.59. The lowest BCUT2D eigenvalue weighted by Crippen LogP contribution is -2.48. The van der Waals surface area contributed by atoms with E-state index >= 15 is 0 Å². The van der Waals surface area contributed by atoms with E-state index < -0.39 is 6.04 Å². The van der Waals surface area contributed by atoms with Crippen molar-refractivity contribution in [3.05, 3.63) is 72.2 Å². The van der Waals surface area contributed by atoms with Gasteiger partial charge in [-0.05, 0) is 23.8 Å². The van der Waals surface area contributed by atoms with Gasteiger partial charge in [-0.2, -0.15) is 0 Å². The molecule has 0 radical (unpaired) electrons. The average molecular weight is 463 g/mol. The highest BCUT2D eigenvalue weighted by Crippen LogP contribution is 2.37. The predicted octanol–water partition coefficient (Wildman–Crippen LogP) is 3.32. The average Bonchev–Trinajstić information content (AvgIpc) is 3.39. The summed E-state index contributed by atoms with van der Waals surface area (Å²) in [5.41, 5.74) is 3.29. The maximum Gasteiger partial charge on any atom is 0.271 e. The van der Waals surface area contributed by atoms with Crippen molar-refractivity contribution in [2.24, 2.45) is 7.05 Å². The number of likely N-dealkylation sites (N-methyl/N-ethyl adjacent to an activating group) is 1. The van der Waals surface area contributed by atoms with Crippen molar-refractivity contribution < 1.29 is 9.59 Å². The van der Waals surface area contributed by atoms with Crippen molar-refractivity contribution in [3.63, 3.8) is 0 Å². The van der Waals surface area contributed by atoms with E-state index in [0.29, 0.717) is 18.0 Å². The summed E-state index contributed by atoms with van der Waals surface area (Å²) < 4.78 is 3.60. The van der Waals surface area contributed by atoms with Crippen molar-refractivity contribution >= 4 is 40.2 Å². The quantitative estimate of drug-likeness (QED) is 0.503. The van der Waals surface area contributed by atoms with Crippen LogP contribution in [-0.2, 0) is 18.4 Å². The molecule has 1 atom stereocenters. The molecule has 2 aromatic carbocycles. The maximum absolute atomic E-state index is 13.2. The molecular formula is C24H26N6O2S. The van der Waals surface area contributed by atoms with Crippen molar-refractivity contribution in [1.29, 1.82) is 0 Å². The number of aromatic nitrogens is 4. The van der Waals surface area contributed by atoms with E-state index in [1.807, 2.05) is 55.7 Å². The lowest BCUT2D eigenvalue weighted by molar-refractivity contribution is -0.119. The summed E-state index contributed by atoms with van der Waals surface area (Å²) in [6.07, 6.45) is 3.43. The van der Waals surface area contributed by atoms with E-state index in [-0.39, 0.29) is 19.2 Å². The van der Waals surface area contributed by atoms with Gasteiger partial charge in [0.2, 0.25) is 5.91 Å². The molecule has 2 amide bonds. The number of amides is 2. The van der Waals surface area contributed by atoms with Crippen LogP contribution in [0.4, 0.5) is 5.69 Å². The first-order chi connectivity index (χ1) is 15.5. The summed E-state index contributed by atoms with van der Waals surface area (Å²) in [6.45, 7) is 0.425. The predicted molar refractivity (Wildman–Crippen MR) is 131 cm³/mol. The molecule has 8 nitrogen and oxygen atoms in total. The molecule has 0 bridgehead atoms. The van der Waals surface area contributed by atoms with Crippen LogP contribution in [0.3, 0.4) is 0 Å². The molecule has 5 rings (SSSR count). The van der Waals surface area contributed by atoms with Crippen LogP contribution in [0.15, 0.2) is 65.8 Å². The van der Waals surface area contributed by atoms with Gasteiger partial charge in [-0.1, -0.05) is 43.0 Å². The van der Waals surface area contributed by atoms with Gasteiger partial charge >= 0.3 is 0 Å². The molecule has 1 aliphatic rings. The summed E-state index contributed by atoms with van der Waals surface area (Å²) in [6, 6.07) is 15.2. The second-order valence-corrected chi connectivity index (χ2v) is 8.86. The Balaban J connectivity index is 0.00000259. The molecule has 33 heavy (non-hydrogen) atoms. The minimum absolute atomic E-state index is 0. The van der Waals surface area contributed by atoms with Crippen LogP contribution in [0.25, 0.3) is 10.9 Å². The van der Waals surface area contributed by atoms with Gasteiger partial charge in [0, 0.05) is 41.8 Å². The molecule has 0 aliphatic carbocycles. The molecular weight excluding hydrogens is 436 g/mol. The number of benzene rings is 2. The zero-order valence-electron chi connectivity index (χ0n) is 17.7. The summed E-state index contributed by atoms with van der Waals surface area (Å²) >= 11 is 1.57. The molecule has 1 N–H and O–H groups in total. The highest BCUT2D eigenvalue weighted by molar-refractivity contribution is 7.99. The third-order valence-electron chi connectivity index (χ3n) is 5.69. The first-order valence-corrected chi connectivity index (χ1v) is 11.2. The zero-order chi connectivity index (χ0) is 22.2. The lowest BCUT2D eigenvalue weighted by Gasteiger charge is -2.21. The van der Waals surface area contributed by atoms with Crippen LogP contribution in [0, 0.1) is 0 Å². The Labute approximate surface area is 196 Å². The first-order valence-electron chi connectivity index (χ1n) is 10.2. The van der Waals surface area contributed by atoms with E-state index in [4.69, 9.17) is 0 Å². The number of nitrogens with one attached hydrogen (secondary N) is 1. The number of anilines is 1. The smallest absolute Gasteiger partial charge is 0.271 e. The van der Waals surface area contributed by atoms with Crippen molar-refractivity contribution in [2.75, 3.05) is 17.7 Å². The number of nitrogens with zero attached hydrogens (tertiary/aromatic N) is 5. The molecule has 0 unspecified atom stereocenters. The number of hydrogen-bond donors (Lipinski definition) is 1. The Morgan fingerprint density at radius 1 is 1.18 bits per heavy atom. The zero-order valence-corrected chi connectivity index (χ0v) is 18.5. The van der Waals surface area contributed by atoms with Crippen LogP contribution in [0.5, 0.6) is 0 Å². The van der Waals surface area contributed by atoms with Crippen molar-refractivity contribution in [3.8, 4) is 0 Å². The fourth-order valence-electron chi connectivity index (χ4n) is 3.90. The SMILES string of the molecule is C.CN1C(=O)[C@@H](NC(=O)c2cnnn2Cc2ccccc2)CSc2cc3c(ccn3C)cc21. The fourth-order valence-corrected chi connectivity index (χ4v) is 5.01. The minimum atomic E-state index is -0.659. The first kappa shape index (κ1) is 22.6. The lowest BCUT2D eigenvalue weighted by atomic mass is 10.2. The monoisotopic (exact) mass is 462 g/mol. The normalized spacial score (nSPS) is 15.6. The van der Waals surface area contributed by atoms with E-state index in [1.165, 1.54) is 6.20 Å². The van der Waals surface area contributed by atoms with Gasteiger partial charge in [-0.25, -0.2) is 4.68 Å². The van der Waals surface area contributed by atoms with Gasteiger partial charge in [0.15, 0.2) is 0 Å². The highest BCUT2D eigenvalue weighted by atomic mass is 32.2. The minimum Gasteiger partial charge on any atom is -0.351 e. The Kier molecular flexibility index (Phi) is 6.24. The van der Waals surface area contributed by atoms with E-state index in [9.17, 15) is 9.59 Å². The number of hydrogen-bond acceptors (Lipinski definition) is 5. The van der Waals surface area contributed by atoms with Crippen LogP contribution in [0.1, 0.15) is 23.5 Å². The molecule has 9 heteroatoms. The van der Waals surface area contributed by atoms with Gasteiger partial charge in [0.05, 0.1) is 18.4 Å². The number of carbonyl (C=O) groups excluding carboxylic acids is 2. The third-order valence-corrected chi connectivity index (χ3v) is 6.83. The van der Waals surface area contributed by atoms with Crippen LogP contribution >= 0.6 is 11.8 Å². The maximum atomic E-state index is 13.2. The Bertz CT molecular complexity index is 1310. The molecule has 0 spiro atoms. The Morgan fingerprint density at radius 3 is 2.76 bits per heavy atom. The second kappa shape index (κ2) is 9.11. The van der Waals surface area contributed by atoms with E-state index in [2.05, 4.69) is 26.3 Å². The summed E-state index contributed by atoms with van der Waals surface area (Å²) in [5, 5.41) is 11.9. The molecule has 0 saturated heterocycles. The Morgan fingerprint density at radius 2 is 1.97 bits per heavy atom. The molecule has 2 aromatic heterocycles. The number of carbonyl (C=O) groups is 2. The number of rotatable bonds is 4. The van der Waals surface area contributed by atoms with Crippen LogP contribution < -0.4 is 10.2 Å². The number of aryl methyl sites for hydroxylation is 1. The van der Waals surface area contributed by atoms with Crippen molar-refractivity contribution in [1.82, 2.24) is 24.9 Å². The summed E-state index contributed by atoms with van der Waals surface area (Å²) in [4.78, 5) is 28.9. The molecule has 4 aromatic rings. The standard InChI is InChI=1S/C23H22N6O2S.CH4/c1-27-9-8-16-10-19-21(11-18(16)27)32-14-17(23(31)28(19)2)25-22(30)20-12-24-26-29(20)13-15-6-4-3-5-7-15;/h3-12,17H,13-14H2,1-2H3,(H,25,30);1H4/t17-;/m0./s1. The molecule has 3 heterocycles. The number of fused-ring (bicyclic) bond motifs is 2. The molecule has 0 fully saturated rings. The topological polar surface area (TPSA) is 85.1 Å². The van der Waals surface area contributed by atoms with Crippen LogP contribution in [-0.4, -0.2) is 50.2 Å². The van der Waals surface area contributed by atoms with Gasteiger partial charge in [0.25, 0.3) is 5.91 Å². The van der Waals surface area contributed by atoms with E-state index in [1.54, 1.807) is 28.4 Å². The second-order valence-electron chi connectivity index (χ2n) is 7.80. The van der Waals surface area contributed by atoms with Gasteiger partial charge in [0.1, 0.15) is 11.7 Å². The molecule has 170 valence electrons. The molecule has 0 saturated carbocycles. The number of thioether (sulfide) groups is 1. The van der Waals surface area contributed by atoms with Gasteiger partial charge in [-0.15, -0.1) is 16.9 Å². The third kappa shape index (κ3) is 4.23. The highest BCUT2D eigenvalue weighted by Gasteiger charge is 2.31. The fraction of sp³-hybridized carbons (Fsp3) is 0.250. The summed E-state index contributed by atoms with van der Waals surface area (Å²) in [5.74, 6) is -0.0747. The largest absolute Gasteiger partial charge is 0.351 e. The summed E-state index contributed by atoms with van der Waals surface area (Å²) in [7, 11) is 3.75.